The number of fused-ring (bicyclic) bond motifs is 3. The van der Waals surface area contributed by atoms with Gasteiger partial charge in [0.1, 0.15) is 0 Å². The quantitative estimate of drug-likeness (QED) is 0.0702. The van der Waals surface area contributed by atoms with Gasteiger partial charge in [-0.25, -0.2) is 0 Å². The first-order valence-corrected chi connectivity index (χ1v) is 23.3. The monoisotopic (exact) mass is 718 g/mol. The van der Waals surface area contributed by atoms with Crippen LogP contribution in [-0.2, 0) is 9.47 Å². The summed E-state index contributed by atoms with van der Waals surface area (Å²) >= 11 is 0. The van der Waals surface area contributed by atoms with Crippen LogP contribution in [0.15, 0.2) is 0 Å². The Balaban J connectivity index is 1.37. The third kappa shape index (κ3) is 16.6. The molecule has 51 heavy (non-hydrogen) atoms. The molecule has 0 aromatic rings. The molecule has 0 radical (unpaired) electrons. The summed E-state index contributed by atoms with van der Waals surface area (Å²) in [5.74, 6) is 4.63. The average molecular weight is 718 g/mol. The van der Waals surface area contributed by atoms with E-state index in [0.29, 0.717) is 29.5 Å². The van der Waals surface area contributed by atoms with Crippen LogP contribution in [0.5, 0.6) is 0 Å². The molecule has 0 saturated heterocycles. The molecule has 5 nitrogen and oxygen atoms in total. The van der Waals surface area contributed by atoms with Crippen molar-refractivity contribution in [1.29, 1.82) is 0 Å². The van der Waals surface area contributed by atoms with Crippen molar-refractivity contribution in [3.05, 3.63) is 0 Å². The lowest BCUT2D eigenvalue weighted by atomic mass is 9.54. The molecule has 9 atom stereocenters. The Labute approximate surface area is 319 Å². The van der Waals surface area contributed by atoms with Gasteiger partial charge in [-0.05, 0) is 151 Å². The van der Waals surface area contributed by atoms with E-state index < -0.39 is 0 Å². The van der Waals surface area contributed by atoms with E-state index in [1.807, 2.05) is 0 Å². The van der Waals surface area contributed by atoms with Crippen molar-refractivity contribution in [1.82, 2.24) is 5.32 Å². The molecule has 3 aliphatic carbocycles. The standard InChI is InChI=1S/C46H91N3O2/c1-5-6-7-8-9-10-11-12-13-14-15-16-17-18-32-49-33-20-23-39(3)42-26-27-43-45-40(28-29-46(42,43)4)24-19-25-41(50-34-21-30-47)36-38(2)37-44(45)51-35-22-31-48/h38-45,49H,5-37,47-48H2,1-4H3/t38?,39-,40+,41-,42?,43+,44-,45?,46?/m1/s1. The Morgan fingerprint density at radius 1 is 0.686 bits per heavy atom. The number of rotatable bonds is 28. The highest BCUT2D eigenvalue weighted by molar-refractivity contribution is 5.05. The first kappa shape index (κ1) is 45.2. The van der Waals surface area contributed by atoms with E-state index >= 15 is 0 Å². The molecule has 0 heterocycles. The molecule has 3 rings (SSSR count). The number of unbranched alkanes of at least 4 members (excludes halogenated alkanes) is 13. The van der Waals surface area contributed by atoms with Gasteiger partial charge in [-0.1, -0.05) is 118 Å². The van der Waals surface area contributed by atoms with Crippen LogP contribution in [0.3, 0.4) is 0 Å². The van der Waals surface area contributed by atoms with Crippen LogP contribution in [0.1, 0.15) is 201 Å². The minimum Gasteiger partial charge on any atom is -0.378 e. The predicted octanol–water partition coefficient (Wildman–Crippen LogP) is 11.6. The van der Waals surface area contributed by atoms with Gasteiger partial charge in [0.2, 0.25) is 0 Å². The highest BCUT2D eigenvalue weighted by atomic mass is 16.5. The maximum atomic E-state index is 6.90. The van der Waals surface area contributed by atoms with E-state index in [2.05, 4.69) is 33.0 Å². The van der Waals surface area contributed by atoms with E-state index in [9.17, 15) is 0 Å². The number of ether oxygens (including phenoxy) is 2. The maximum absolute atomic E-state index is 6.90. The Bertz CT molecular complexity index is 826. The number of hydrogen-bond acceptors (Lipinski definition) is 5. The lowest BCUT2D eigenvalue weighted by Crippen LogP contribution is -2.48. The lowest BCUT2D eigenvalue weighted by Gasteiger charge is -2.53. The van der Waals surface area contributed by atoms with E-state index in [1.54, 1.807) is 0 Å². The van der Waals surface area contributed by atoms with Crippen molar-refractivity contribution in [2.75, 3.05) is 39.4 Å². The van der Waals surface area contributed by atoms with Gasteiger partial charge in [-0.2, -0.15) is 0 Å². The third-order valence-corrected chi connectivity index (χ3v) is 14.2. The van der Waals surface area contributed by atoms with Gasteiger partial charge in [-0.15, -0.1) is 0 Å². The van der Waals surface area contributed by atoms with Gasteiger partial charge in [-0.3, -0.25) is 0 Å². The topological polar surface area (TPSA) is 82.5 Å². The summed E-state index contributed by atoms with van der Waals surface area (Å²) in [6.45, 7) is 15.6. The summed E-state index contributed by atoms with van der Waals surface area (Å²) in [7, 11) is 0. The largest absolute Gasteiger partial charge is 0.378 e. The van der Waals surface area contributed by atoms with Crippen molar-refractivity contribution in [3.63, 3.8) is 0 Å². The highest BCUT2D eigenvalue weighted by Crippen LogP contribution is 2.63. The molecular formula is C46H91N3O2. The Morgan fingerprint density at radius 3 is 1.94 bits per heavy atom. The van der Waals surface area contributed by atoms with E-state index in [-0.39, 0.29) is 0 Å². The fraction of sp³-hybridized carbons (Fsp3) is 1.00. The average Bonchev–Trinajstić information content (AvgIpc) is 3.47. The van der Waals surface area contributed by atoms with Crippen LogP contribution in [0.4, 0.5) is 0 Å². The highest BCUT2D eigenvalue weighted by Gasteiger charge is 2.56. The summed E-state index contributed by atoms with van der Waals surface area (Å²) in [6, 6.07) is 0. The zero-order valence-corrected chi connectivity index (χ0v) is 34.9. The molecule has 0 amide bonds. The van der Waals surface area contributed by atoms with E-state index in [1.165, 1.54) is 167 Å². The summed E-state index contributed by atoms with van der Waals surface area (Å²) in [5.41, 5.74) is 12.2. The molecule has 3 saturated carbocycles. The van der Waals surface area contributed by atoms with Crippen LogP contribution >= 0.6 is 0 Å². The van der Waals surface area contributed by atoms with Gasteiger partial charge >= 0.3 is 0 Å². The molecular weight excluding hydrogens is 627 g/mol. The molecule has 0 aromatic carbocycles. The Hall–Kier alpha value is -0.200. The minimum absolute atomic E-state index is 0.372. The first-order chi connectivity index (χ1) is 24.9. The van der Waals surface area contributed by atoms with Gasteiger partial charge in [0, 0.05) is 13.2 Å². The second-order valence-corrected chi connectivity index (χ2v) is 18.3. The fourth-order valence-corrected chi connectivity index (χ4v) is 11.3. The van der Waals surface area contributed by atoms with Crippen LogP contribution in [0.2, 0.25) is 0 Å². The third-order valence-electron chi connectivity index (χ3n) is 14.2. The van der Waals surface area contributed by atoms with Crippen LogP contribution in [0, 0.1) is 40.9 Å². The number of nitrogens with two attached hydrogens (primary N) is 2. The molecule has 0 bridgehead atoms. The molecule has 3 aliphatic rings. The number of nitrogens with one attached hydrogen (secondary N) is 1. The van der Waals surface area contributed by atoms with Crippen molar-refractivity contribution >= 4 is 0 Å². The molecule has 0 aromatic heterocycles. The van der Waals surface area contributed by atoms with Gasteiger partial charge in [0.15, 0.2) is 0 Å². The van der Waals surface area contributed by atoms with Crippen LogP contribution < -0.4 is 16.8 Å². The molecule has 0 aliphatic heterocycles. The van der Waals surface area contributed by atoms with Crippen molar-refractivity contribution < 1.29 is 9.47 Å². The fourth-order valence-electron chi connectivity index (χ4n) is 11.3. The molecule has 302 valence electrons. The van der Waals surface area contributed by atoms with E-state index in [4.69, 9.17) is 20.9 Å². The molecule has 3 fully saturated rings. The molecule has 4 unspecified atom stereocenters. The summed E-state index contributed by atoms with van der Waals surface area (Å²) < 4.78 is 13.3. The van der Waals surface area contributed by atoms with Gasteiger partial charge in [0.25, 0.3) is 0 Å². The normalized spacial score (nSPS) is 30.6. The van der Waals surface area contributed by atoms with Gasteiger partial charge in [0.05, 0.1) is 12.2 Å². The zero-order valence-electron chi connectivity index (χ0n) is 34.9. The Kier molecular flexibility index (Phi) is 24.3. The second kappa shape index (κ2) is 27.4. The first-order valence-electron chi connectivity index (χ1n) is 23.3. The predicted molar refractivity (Wildman–Crippen MR) is 221 cm³/mol. The molecule has 5 heteroatoms. The van der Waals surface area contributed by atoms with Crippen molar-refractivity contribution in [2.24, 2.45) is 52.4 Å². The Morgan fingerprint density at radius 2 is 1.29 bits per heavy atom. The second-order valence-electron chi connectivity index (χ2n) is 18.3. The van der Waals surface area contributed by atoms with Gasteiger partial charge < -0.3 is 26.3 Å². The maximum Gasteiger partial charge on any atom is 0.0611 e. The minimum atomic E-state index is 0.372. The van der Waals surface area contributed by atoms with Crippen LogP contribution in [0.25, 0.3) is 0 Å². The SMILES string of the molecule is CCCCCCCCCCCCCCCCNCCC[C@@H](C)C1CC[C@H]2C3[C@@H](CCC[C@@H](OCCCN)CC(C)C[C@H]3OCCCN)CCC12C. The smallest absolute Gasteiger partial charge is 0.0611 e. The molecule has 0 spiro atoms. The number of hydrogen-bond donors (Lipinski definition) is 3. The summed E-state index contributed by atoms with van der Waals surface area (Å²) in [4.78, 5) is 0. The van der Waals surface area contributed by atoms with E-state index in [0.717, 1.165) is 69.2 Å². The van der Waals surface area contributed by atoms with Crippen molar-refractivity contribution in [3.8, 4) is 0 Å². The lowest BCUT2D eigenvalue weighted by molar-refractivity contribution is -0.103. The molecule has 5 N–H and O–H groups in total. The summed E-state index contributed by atoms with van der Waals surface area (Å²) in [6.07, 6.45) is 37.4. The zero-order chi connectivity index (χ0) is 36.6. The van der Waals surface area contributed by atoms with Crippen LogP contribution in [-0.4, -0.2) is 51.6 Å². The summed E-state index contributed by atoms with van der Waals surface area (Å²) in [5, 5.41) is 3.81. The van der Waals surface area contributed by atoms with Crippen molar-refractivity contribution in [2.45, 2.75) is 213 Å².